The zero-order valence-electron chi connectivity index (χ0n) is 10.6. The van der Waals surface area contributed by atoms with Gasteiger partial charge in [0.2, 0.25) is 0 Å². The highest BCUT2D eigenvalue weighted by Crippen LogP contribution is 2.18. The van der Waals surface area contributed by atoms with Crippen molar-refractivity contribution in [1.29, 1.82) is 0 Å². The quantitative estimate of drug-likeness (QED) is 0.844. The predicted octanol–water partition coefficient (Wildman–Crippen LogP) is 3.05. The van der Waals surface area contributed by atoms with E-state index in [4.69, 9.17) is 11.6 Å². The van der Waals surface area contributed by atoms with E-state index in [1.54, 1.807) is 16.9 Å². The molecule has 0 fully saturated rings. The lowest BCUT2D eigenvalue weighted by Crippen LogP contribution is -2.06. The van der Waals surface area contributed by atoms with Crippen molar-refractivity contribution in [2.45, 2.75) is 26.3 Å². The number of carbonyl (C=O) groups is 1. The number of benzene rings is 1. The van der Waals surface area contributed by atoms with Gasteiger partial charge in [-0.25, -0.2) is 4.39 Å². The highest BCUT2D eigenvalue weighted by atomic mass is 35.5. The maximum Gasteiger partial charge on any atom is 0.141 e. The van der Waals surface area contributed by atoms with E-state index in [0.29, 0.717) is 12.0 Å². The van der Waals surface area contributed by atoms with E-state index < -0.39 is 5.82 Å². The molecule has 1 aromatic carbocycles. The van der Waals surface area contributed by atoms with E-state index in [0.717, 1.165) is 12.1 Å². The molecule has 0 spiro atoms. The van der Waals surface area contributed by atoms with Crippen LogP contribution in [0.1, 0.15) is 18.1 Å². The minimum atomic E-state index is -0.398. The van der Waals surface area contributed by atoms with Crippen molar-refractivity contribution in [3.05, 3.63) is 52.6 Å². The molecule has 0 amide bonds. The number of rotatable bonds is 5. The lowest BCUT2D eigenvalue weighted by molar-refractivity contribution is -0.117. The second kappa shape index (κ2) is 5.97. The fourth-order valence-electron chi connectivity index (χ4n) is 1.84. The zero-order chi connectivity index (χ0) is 13.8. The molecule has 0 unspecified atom stereocenters. The smallest absolute Gasteiger partial charge is 0.141 e. The van der Waals surface area contributed by atoms with E-state index in [-0.39, 0.29) is 17.2 Å². The molecule has 2 aromatic rings. The Morgan fingerprint density at radius 3 is 2.84 bits per heavy atom. The van der Waals surface area contributed by atoms with Crippen LogP contribution in [0.2, 0.25) is 5.02 Å². The normalized spacial score (nSPS) is 10.7. The minimum absolute atomic E-state index is 0.0316. The Balaban J connectivity index is 2.01. The first-order valence-corrected chi connectivity index (χ1v) is 6.43. The van der Waals surface area contributed by atoms with E-state index in [1.165, 1.54) is 12.1 Å². The van der Waals surface area contributed by atoms with Gasteiger partial charge in [0.05, 0.1) is 6.20 Å². The monoisotopic (exact) mass is 280 g/mol. The largest absolute Gasteiger partial charge is 0.299 e. The summed E-state index contributed by atoms with van der Waals surface area (Å²) in [5.41, 5.74) is 1.53. The third-order valence-corrected chi connectivity index (χ3v) is 3.17. The first kappa shape index (κ1) is 13.7. The fraction of sp³-hybridized carbons (Fsp3) is 0.286. The molecule has 0 saturated carbocycles. The van der Waals surface area contributed by atoms with Crippen molar-refractivity contribution >= 4 is 17.4 Å². The van der Waals surface area contributed by atoms with Gasteiger partial charge in [-0.15, -0.1) is 0 Å². The van der Waals surface area contributed by atoms with Gasteiger partial charge in [0.15, 0.2) is 0 Å². The van der Waals surface area contributed by atoms with Crippen molar-refractivity contribution in [3.63, 3.8) is 0 Å². The minimum Gasteiger partial charge on any atom is -0.299 e. The van der Waals surface area contributed by atoms with Gasteiger partial charge in [0, 0.05) is 30.6 Å². The molecule has 2 rings (SSSR count). The number of nitrogens with zero attached hydrogens (tertiary/aromatic N) is 2. The summed E-state index contributed by atoms with van der Waals surface area (Å²) >= 11 is 5.89. The molecule has 3 nitrogen and oxygen atoms in total. The predicted molar refractivity (Wildman–Crippen MR) is 71.7 cm³/mol. The van der Waals surface area contributed by atoms with E-state index in [2.05, 4.69) is 5.10 Å². The molecule has 0 radical (unpaired) electrons. The van der Waals surface area contributed by atoms with Gasteiger partial charge in [-0.3, -0.25) is 9.48 Å². The van der Waals surface area contributed by atoms with E-state index in [1.807, 2.05) is 13.1 Å². The van der Waals surface area contributed by atoms with Crippen LogP contribution in [0.5, 0.6) is 0 Å². The van der Waals surface area contributed by atoms with Crippen molar-refractivity contribution in [1.82, 2.24) is 9.78 Å². The van der Waals surface area contributed by atoms with E-state index in [9.17, 15) is 9.18 Å². The molecular weight excluding hydrogens is 267 g/mol. The van der Waals surface area contributed by atoms with Crippen molar-refractivity contribution in [2.75, 3.05) is 0 Å². The first-order valence-electron chi connectivity index (χ1n) is 6.05. The summed E-state index contributed by atoms with van der Waals surface area (Å²) in [4.78, 5) is 11.9. The van der Waals surface area contributed by atoms with Crippen LogP contribution in [0.15, 0.2) is 30.6 Å². The third-order valence-electron chi connectivity index (χ3n) is 2.81. The Kier molecular flexibility index (Phi) is 4.32. The second-order valence-corrected chi connectivity index (χ2v) is 4.74. The molecule has 0 aliphatic rings. The molecule has 0 N–H and O–H groups in total. The fourth-order valence-corrected chi connectivity index (χ4v) is 2.07. The van der Waals surface area contributed by atoms with Crippen LogP contribution in [0.4, 0.5) is 4.39 Å². The molecule has 1 aromatic heterocycles. The summed E-state index contributed by atoms with van der Waals surface area (Å²) < 4.78 is 14.7. The van der Waals surface area contributed by atoms with Crippen LogP contribution in [-0.2, 0) is 24.2 Å². The Bertz CT molecular complexity index is 595. The maximum absolute atomic E-state index is 12.9. The summed E-state index contributed by atoms with van der Waals surface area (Å²) in [6.07, 6.45) is 4.06. The molecule has 19 heavy (non-hydrogen) atoms. The van der Waals surface area contributed by atoms with Crippen LogP contribution in [0.25, 0.3) is 0 Å². The zero-order valence-corrected chi connectivity index (χ0v) is 11.3. The molecule has 100 valence electrons. The Hall–Kier alpha value is -1.68. The van der Waals surface area contributed by atoms with Gasteiger partial charge in [0.1, 0.15) is 11.6 Å². The van der Waals surface area contributed by atoms with Gasteiger partial charge in [-0.2, -0.15) is 5.10 Å². The number of hydrogen-bond donors (Lipinski definition) is 0. The Morgan fingerprint density at radius 1 is 1.42 bits per heavy atom. The number of ketones is 1. The molecule has 0 saturated heterocycles. The average molecular weight is 281 g/mol. The molecule has 0 aliphatic heterocycles. The highest BCUT2D eigenvalue weighted by Gasteiger charge is 2.10. The number of Topliss-reactive ketones (excluding diaryl/α,β-unsaturated/α-hetero) is 1. The Labute approximate surface area is 116 Å². The maximum atomic E-state index is 12.9. The molecule has 0 atom stereocenters. The highest BCUT2D eigenvalue weighted by molar-refractivity contribution is 6.31. The topological polar surface area (TPSA) is 34.9 Å². The summed E-state index contributed by atoms with van der Waals surface area (Å²) in [5.74, 6) is -0.366. The number of hydrogen-bond acceptors (Lipinski definition) is 2. The number of halogens is 2. The SMILES string of the molecule is CCn1cc(CC(=O)Cc2ccc(F)cc2Cl)cn1. The third kappa shape index (κ3) is 3.64. The van der Waals surface area contributed by atoms with Gasteiger partial charge < -0.3 is 0 Å². The van der Waals surface area contributed by atoms with Crippen LogP contribution >= 0.6 is 11.6 Å². The van der Waals surface area contributed by atoms with Gasteiger partial charge in [-0.05, 0) is 30.2 Å². The van der Waals surface area contributed by atoms with Crippen LogP contribution < -0.4 is 0 Å². The average Bonchev–Trinajstić information content (AvgIpc) is 2.80. The summed E-state index contributed by atoms with van der Waals surface area (Å²) in [6.45, 7) is 2.76. The number of carbonyl (C=O) groups excluding carboxylic acids is 1. The number of aromatic nitrogens is 2. The van der Waals surface area contributed by atoms with Gasteiger partial charge in [0.25, 0.3) is 0 Å². The summed E-state index contributed by atoms with van der Waals surface area (Å²) in [7, 11) is 0. The van der Waals surface area contributed by atoms with Crippen molar-refractivity contribution in [2.24, 2.45) is 0 Å². The molecule has 1 heterocycles. The Morgan fingerprint density at radius 2 is 2.21 bits per heavy atom. The lowest BCUT2D eigenvalue weighted by atomic mass is 10.0. The summed E-state index contributed by atoms with van der Waals surface area (Å²) in [5, 5.41) is 4.40. The van der Waals surface area contributed by atoms with Crippen molar-refractivity contribution < 1.29 is 9.18 Å². The molecule has 0 bridgehead atoms. The first-order chi connectivity index (χ1) is 9.08. The van der Waals surface area contributed by atoms with Crippen molar-refractivity contribution in [3.8, 4) is 0 Å². The van der Waals surface area contributed by atoms with Crippen LogP contribution in [0, 0.1) is 5.82 Å². The number of aryl methyl sites for hydroxylation is 1. The standard InChI is InChI=1S/C14H14ClFN2O/c1-2-18-9-10(8-17-18)5-13(19)6-11-3-4-12(16)7-14(11)15/h3-4,7-9H,2,5-6H2,1H3. The second-order valence-electron chi connectivity index (χ2n) is 4.33. The van der Waals surface area contributed by atoms with Crippen LogP contribution in [-0.4, -0.2) is 15.6 Å². The summed E-state index contributed by atoms with van der Waals surface area (Å²) in [6, 6.07) is 4.08. The van der Waals surface area contributed by atoms with E-state index >= 15 is 0 Å². The van der Waals surface area contributed by atoms with Gasteiger partial charge in [-0.1, -0.05) is 17.7 Å². The molecule has 0 aliphatic carbocycles. The van der Waals surface area contributed by atoms with Gasteiger partial charge >= 0.3 is 0 Å². The lowest BCUT2D eigenvalue weighted by Gasteiger charge is -2.03. The molecular formula is C14H14ClFN2O. The van der Waals surface area contributed by atoms with Crippen LogP contribution in [0.3, 0.4) is 0 Å². The molecule has 5 heteroatoms.